The average molecular weight is 217 g/mol. The van der Waals surface area contributed by atoms with Gasteiger partial charge in [0.25, 0.3) is 0 Å². The van der Waals surface area contributed by atoms with E-state index >= 15 is 0 Å². The highest BCUT2D eigenvalue weighted by atomic mass is 16.1. The van der Waals surface area contributed by atoms with Crippen LogP contribution >= 0.6 is 0 Å². The van der Waals surface area contributed by atoms with Crippen LogP contribution in [0.25, 0.3) is 0 Å². The Balaban J connectivity index is 2.32. The normalized spacial score (nSPS) is 18.6. The fourth-order valence-corrected chi connectivity index (χ4v) is 2.83. The molecule has 1 aromatic rings. The molecule has 2 nitrogen and oxygen atoms in total. The van der Waals surface area contributed by atoms with Crippen molar-refractivity contribution in [3.05, 3.63) is 35.9 Å². The van der Waals surface area contributed by atoms with E-state index in [9.17, 15) is 4.79 Å². The predicted molar refractivity (Wildman–Crippen MR) is 65.3 cm³/mol. The Morgan fingerprint density at radius 3 is 2.38 bits per heavy atom. The van der Waals surface area contributed by atoms with E-state index in [4.69, 9.17) is 5.73 Å². The topological polar surface area (TPSA) is 43.1 Å². The summed E-state index contributed by atoms with van der Waals surface area (Å²) in [4.78, 5) is 12.3. The molecule has 0 bridgehead atoms. The molecule has 16 heavy (non-hydrogen) atoms. The molecule has 0 unspecified atom stereocenters. The lowest BCUT2D eigenvalue weighted by Crippen LogP contribution is -2.34. The van der Waals surface area contributed by atoms with Crippen LogP contribution in [0.3, 0.4) is 0 Å². The van der Waals surface area contributed by atoms with Crippen LogP contribution < -0.4 is 5.73 Å². The lowest BCUT2D eigenvalue weighted by atomic mass is 9.74. The van der Waals surface area contributed by atoms with E-state index in [2.05, 4.69) is 12.1 Å². The van der Waals surface area contributed by atoms with E-state index in [0.29, 0.717) is 18.7 Å². The number of ketones is 1. The summed E-state index contributed by atoms with van der Waals surface area (Å²) in [6.45, 7) is 0.466. The SMILES string of the molecule is NCCC(=O)C1(c2ccccc2)CCCC1. The van der Waals surface area contributed by atoms with Crippen LogP contribution in [0.5, 0.6) is 0 Å². The zero-order chi connectivity index (χ0) is 11.4. The van der Waals surface area contributed by atoms with Crippen LogP contribution in [0.2, 0.25) is 0 Å². The van der Waals surface area contributed by atoms with E-state index in [1.807, 2.05) is 18.2 Å². The number of hydrogen-bond acceptors (Lipinski definition) is 2. The van der Waals surface area contributed by atoms with E-state index < -0.39 is 0 Å². The molecule has 86 valence electrons. The van der Waals surface area contributed by atoms with Crippen LogP contribution in [0.15, 0.2) is 30.3 Å². The number of rotatable bonds is 4. The largest absolute Gasteiger partial charge is 0.330 e. The maximum atomic E-state index is 12.3. The Labute approximate surface area is 96.8 Å². The average Bonchev–Trinajstić information content (AvgIpc) is 2.81. The first-order valence-corrected chi connectivity index (χ1v) is 6.08. The Morgan fingerprint density at radius 2 is 1.81 bits per heavy atom. The van der Waals surface area contributed by atoms with Gasteiger partial charge in [-0.05, 0) is 24.9 Å². The first-order valence-electron chi connectivity index (χ1n) is 6.08. The van der Waals surface area contributed by atoms with Gasteiger partial charge in [0.1, 0.15) is 5.78 Å². The zero-order valence-corrected chi connectivity index (χ0v) is 9.61. The van der Waals surface area contributed by atoms with Gasteiger partial charge in [0, 0.05) is 6.42 Å². The smallest absolute Gasteiger partial charge is 0.144 e. The summed E-state index contributed by atoms with van der Waals surface area (Å²) in [5.41, 5.74) is 6.48. The molecule has 0 atom stereocenters. The van der Waals surface area contributed by atoms with Gasteiger partial charge >= 0.3 is 0 Å². The maximum Gasteiger partial charge on any atom is 0.144 e. The number of hydrogen-bond donors (Lipinski definition) is 1. The monoisotopic (exact) mass is 217 g/mol. The minimum Gasteiger partial charge on any atom is -0.330 e. The van der Waals surface area contributed by atoms with Gasteiger partial charge in [-0.2, -0.15) is 0 Å². The van der Waals surface area contributed by atoms with Crippen LogP contribution in [-0.4, -0.2) is 12.3 Å². The van der Waals surface area contributed by atoms with Crippen molar-refractivity contribution in [2.24, 2.45) is 5.73 Å². The molecule has 0 aliphatic heterocycles. The summed E-state index contributed by atoms with van der Waals surface area (Å²) < 4.78 is 0. The number of benzene rings is 1. The first kappa shape index (κ1) is 11.3. The Kier molecular flexibility index (Phi) is 3.39. The van der Waals surface area contributed by atoms with Gasteiger partial charge in [-0.25, -0.2) is 0 Å². The summed E-state index contributed by atoms with van der Waals surface area (Å²) in [5, 5.41) is 0. The van der Waals surface area contributed by atoms with Gasteiger partial charge in [0.05, 0.1) is 5.41 Å². The number of carbonyl (C=O) groups excluding carboxylic acids is 1. The van der Waals surface area contributed by atoms with Crippen LogP contribution in [0.1, 0.15) is 37.7 Å². The molecule has 2 heteroatoms. The first-order chi connectivity index (χ1) is 7.79. The molecule has 2 rings (SSSR count). The Hall–Kier alpha value is -1.15. The van der Waals surface area contributed by atoms with E-state index in [1.165, 1.54) is 5.56 Å². The van der Waals surface area contributed by atoms with Gasteiger partial charge in [-0.15, -0.1) is 0 Å². The summed E-state index contributed by atoms with van der Waals surface area (Å²) >= 11 is 0. The molecule has 0 spiro atoms. The second kappa shape index (κ2) is 4.79. The molecule has 0 saturated heterocycles. The predicted octanol–water partition coefficient (Wildman–Crippen LogP) is 2.42. The highest BCUT2D eigenvalue weighted by Crippen LogP contribution is 2.42. The van der Waals surface area contributed by atoms with Crippen molar-refractivity contribution in [2.75, 3.05) is 6.54 Å². The molecule has 0 heterocycles. The highest BCUT2D eigenvalue weighted by Gasteiger charge is 2.41. The number of nitrogens with two attached hydrogens (primary N) is 1. The third-order valence-electron chi connectivity index (χ3n) is 3.69. The van der Waals surface area contributed by atoms with Gasteiger partial charge < -0.3 is 5.73 Å². The minimum atomic E-state index is -0.222. The molecular weight excluding hydrogens is 198 g/mol. The molecule has 0 aromatic heterocycles. The molecule has 1 saturated carbocycles. The molecule has 1 aromatic carbocycles. The fourth-order valence-electron chi connectivity index (χ4n) is 2.83. The van der Waals surface area contributed by atoms with Crippen LogP contribution in [0, 0.1) is 0 Å². The second-order valence-electron chi connectivity index (χ2n) is 4.62. The maximum absolute atomic E-state index is 12.3. The third-order valence-corrected chi connectivity index (χ3v) is 3.69. The van der Waals surface area contributed by atoms with Crippen molar-refractivity contribution in [1.82, 2.24) is 0 Å². The third kappa shape index (κ3) is 1.90. The molecule has 1 aliphatic carbocycles. The summed E-state index contributed by atoms with van der Waals surface area (Å²) in [6, 6.07) is 10.2. The lowest BCUT2D eigenvalue weighted by molar-refractivity contribution is -0.124. The van der Waals surface area contributed by atoms with Crippen molar-refractivity contribution in [2.45, 2.75) is 37.5 Å². The van der Waals surface area contributed by atoms with Gasteiger partial charge in [0.2, 0.25) is 0 Å². The lowest BCUT2D eigenvalue weighted by Gasteiger charge is -2.28. The highest BCUT2D eigenvalue weighted by molar-refractivity contribution is 5.90. The van der Waals surface area contributed by atoms with Gasteiger partial charge in [-0.3, -0.25) is 4.79 Å². The molecule has 0 radical (unpaired) electrons. The van der Waals surface area contributed by atoms with Crippen molar-refractivity contribution in [3.8, 4) is 0 Å². The Bertz CT molecular complexity index is 352. The van der Waals surface area contributed by atoms with E-state index in [-0.39, 0.29) is 5.41 Å². The fraction of sp³-hybridized carbons (Fsp3) is 0.500. The second-order valence-corrected chi connectivity index (χ2v) is 4.62. The molecule has 1 fully saturated rings. The minimum absolute atomic E-state index is 0.222. The standard InChI is InChI=1S/C14H19NO/c15-11-8-13(16)14(9-4-5-10-14)12-6-2-1-3-7-12/h1-3,6-7H,4-5,8-11,15H2. The molecular formula is C14H19NO. The van der Waals surface area contributed by atoms with Gasteiger partial charge in [-0.1, -0.05) is 43.2 Å². The van der Waals surface area contributed by atoms with Crippen molar-refractivity contribution in [3.63, 3.8) is 0 Å². The molecule has 1 aliphatic rings. The summed E-state index contributed by atoms with van der Waals surface area (Å²) in [7, 11) is 0. The number of Topliss-reactive ketones (excluding diaryl/α,β-unsaturated/α-hetero) is 1. The quantitative estimate of drug-likeness (QED) is 0.841. The summed E-state index contributed by atoms with van der Waals surface area (Å²) in [5.74, 6) is 0.332. The molecule has 0 amide bonds. The van der Waals surface area contributed by atoms with Crippen molar-refractivity contribution in [1.29, 1.82) is 0 Å². The van der Waals surface area contributed by atoms with Gasteiger partial charge in [0.15, 0.2) is 0 Å². The van der Waals surface area contributed by atoms with E-state index in [0.717, 1.165) is 25.7 Å². The number of carbonyl (C=O) groups is 1. The van der Waals surface area contributed by atoms with E-state index in [1.54, 1.807) is 0 Å². The van der Waals surface area contributed by atoms with Crippen molar-refractivity contribution < 1.29 is 4.79 Å². The molecule has 2 N–H and O–H groups in total. The van der Waals surface area contributed by atoms with Crippen LogP contribution in [0.4, 0.5) is 0 Å². The zero-order valence-electron chi connectivity index (χ0n) is 9.61. The van der Waals surface area contributed by atoms with Crippen molar-refractivity contribution >= 4 is 5.78 Å². The van der Waals surface area contributed by atoms with Crippen LogP contribution in [-0.2, 0) is 10.2 Å². The summed E-state index contributed by atoms with van der Waals surface area (Å²) in [6.07, 6.45) is 4.82. The Morgan fingerprint density at radius 1 is 1.19 bits per heavy atom.